The highest BCUT2D eigenvalue weighted by Crippen LogP contribution is 2.64. The van der Waals surface area contributed by atoms with Gasteiger partial charge in [0.25, 0.3) is 0 Å². The van der Waals surface area contributed by atoms with E-state index in [-0.39, 0.29) is 5.41 Å². The van der Waals surface area contributed by atoms with E-state index < -0.39 is 0 Å². The number of alkyl halides is 1. The van der Waals surface area contributed by atoms with Gasteiger partial charge in [-0.15, -0.1) is 11.6 Å². The molecule has 0 aromatic heterocycles. The SMILES string of the molecule is C[C@@]12CC[C@H]3[C@H](CC=C4C[C@H](Cl)CC[C@@]43C)[C@@H]1CCC2=O. The monoisotopic (exact) mass is 306 g/mol. The first-order valence-electron chi connectivity index (χ1n) is 8.82. The average molecular weight is 307 g/mol. The van der Waals surface area contributed by atoms with Crippen LogP contribution in [0.5, 0.6) is 0 Å². The fraction of sp³-hybridized carbons (Fsp3) is 0.842. The molecular weight excluding hydrogens is 280 g/mol. The number of ketones is 1. The van der Waals surface area contributed by atoms with E-state index in [4.69, 9.17) is 11.6 Å². The van der Waals surface area contributed by atoms with E-state index in [1.807, 2.05) is 0 Å². The number of carbonyl (C=O) groups excluding carboxylic acids is 1. The molecule has 0 aliphatic heterocycles. The Balaban J connectivity index is 1.69. The second kappa shape index (κ2) is 4.60. The predicted octanol–water partition coefficient (Wildman–Crippen LogP) is 5.13. The normalized spacial score (nSPS) is 52.7. The summed E-state index contributed by atoms with van der Waals surface area (Å²) >= 11 is 6.42. The molecule has 116 valence electrons. The second-order valence-electron chi connectivity index (χ2n) is 8.52. The molecule has 4 aliphatic rings. The van der Waals surface area contributed by atoms with Crippen LogP contribution in [0.1, 0.15) is 65.2 Å². The van der Waals surface area contributed by atoms with Crippen molar-refractivity contribution in [2.45, 2.75) is 70.6 Å². The summed E-state index contributed by atoms with van der Waals surface area (Å²) in [6.07, 6.45) is 11.6. The minimum absolute atomic E-state index is 0.00650. The van der Waals surface area contributed by atoms with Crippen LogP contribution in [-0.2, 0) is 4.79 Å². The van der Waals surface area contributed by atoms with Crippen LogP contribution >= 0.6 is 11.6 Å². The maximum absolute atomic E-state index is 12.4. The highest BCUT2D eigenvalue weighted by Gasteiger charge is 2.58. The van der Waals surface area contributed by atoms with Crippen LogP contribution in [0.3, 0.4) is 0 Å². The van der Waals surface area contributed by atoms with Gasteiger partial charge in [-0.2, -0.15) is 0 Å². The lowest BCUT2D eigenvalue weighted by Crippen LogP contribution is -2.50. The number of Topliss-reactive ketones (excluding diaryl/α,β-unsaturated/α-hetero) is 1. The highest BCUT2D eigenvalue weighted by atomic mass is 35.5. The molecule has 2 heteroatoms. The summed E-state index contributed by atoms with van der Waals surface area (Å²) in [5.74, 6) is 2.74. The van der Waals surface area contributed by atoms with Crippen molar-refractivity contribution < 1.29 is 4.79 Å². The molecular formula is C19H27ClO. The van der Waals surface area contributed by atoms with E-state index in [2.05, 4.69) is 19.9 Å². The van der Waals surface area contributed by atoms with Crippen LogP contribution < -0.4 is 0 Å². The Morgan fingerprint density at radius 3 is 2.62 bits per heavy atom. The predicted molar refractivity (Wildman–Crippen MR) is 86.4 cm³/mol. The van der Waals surface area contributed by atoms with Crippen molar-refractivity contribution in [2.24, 2.45) is 28.6 Å². The van der Waals surface area contributed by atoms with Gasteiger partial charge in [0.15, 0.2) is 0 Å². The molecule has 0 amide bonds. The van der Waals surface area contributed by atoms with Crippen molar-refractivity contribution in [2.75, 3.05) is 0 Å². The van der Waals surface area contributed by atoms with Crippen LogP contribution in [0.25, 0.3) is 0 Å². The number of carbonyl (C=O) groups is 1. The van der Waals surface area contributed by atoms with Gasteiger partial charge in [0.2, 0.25) is 0 Å². The van der Waals surface area contributed by atoms with E-state index in [0.717, 1.165) is 37.5 Å². The molecule has 0 saturated heterocycles. The number of fused-ring (bicyclic) bond motifs is 5. The van der Waals surface area contributed by atoms with Gasteiger partial charge >= 0.3 is 0 Å². The summed E-state index contributed by atoms with van der Waals surface area (Å²) in [5.41, 5.74) is 2.02. The van der Waals surface area contributed by atoms with Gasteiger partial charge < -0.3 is 0 Å². The molecule has 0 aromatic carbocycles. The summed E-state index contributed by atoms with van der Waals surface area (Å²) in [4.78, 5) is 12.4. The molecule has 3 fully saturated rings. The van der Waals surface area contributed by atoms with Gasteiger partial charge in [0.1, 0.15) is 5.78 Å². The van der Waals surface area contributed by atoms with Crippen molar-refractivity contribution in [1.82, 2.24) is 0 Å². The minimum atomic E-state index is 0.00650. The third kappa shape index (κ3) is 1.85. The first-order valence-corrected chi connectivity index (χ1v) is 9.26. The first kappa shape index (κ1) is 14.3. The van der Waals surface area contributed by atoms with Crippen molar-refractivity contribution in [3.05, 3.63) is 11.6 Å². The second-order valence-corrected chi connectivity index (χ2v) is 9.13. The Bertz CT molecular complexity index is 510. The first-order chi connectivity index (χ1) is 9.95. The summed E-state index contributed by atoms with van der Waals surface area (Å²) in [7, 11) is 0. The Kier molecular flexibility index (Phi) is 3.13. The summed E-state index contributed by atoms with van der Waals surface area (Å²) in [5, 5.41) is 0.350. The van der Waals surface area contributed by atoms with Crippen LogP contribution in [-0.4, -0.2) is 11.2 Å². The van der Waals surface area contributed by atoms with Crippen LogP contribution in [0.2, 0.25) is 0 Å². The molecule has 21 heavy (non-hydrogen) atoms. The molecule has 0 N–H and O–H groups in total. The fourth-order valence-corrected chi connectivity index (χ4v) is 6.66. The van der Waals surface area contributed by atoms with Crippen molar-refractivity contribution >= 4 is 17.4 Å². The summed E-state index contributed by atoms with van der Waals surface area (Å²) in [6, 6.07) is 0. The fourth-order valence-electron chi connectivity index (χ4n) is 6.39. The number of rotatable bonds is 0. The zero-order valence-electron chi connectivity index (χ0n) is 13.3. The van der Waals surface area contributed by atoms with E-state index in [0.29, 0.717) is 22.5 Å². The van der Waals surface area contributed by atoms with Gasteiger partial charge in [-0.05, 0) is 68.1 Å². The van der Waals surface area contributed by atoms with E-state index >= 15 is 0 Å². The Labute approximate surface area is 133 Å². The zero-order valence-corrected chi connectivity index (χ0v) is 14.1. The van der Waals surface area contributed by atoms with Crippen LogP contribution in [0.4, 0.5) is 0 Å². The maximum atomic E-state index is 12.4. The quantitative estimate of drug-likeness (QED) is 0.448. The minimum Gasteiger partial charge on any atom is -0.299 e. The van der Waals surface area contributed by atoms with Gasteiger partial charge in [-0.25, -0.2) is 0 Å². The number of hydrogen-bond donors (Lipinski definition) is 0. The van der Waals surface area contributed by atoms with E-state index in [1.54, 1.807) is 5.57 Å². The Hall–Kier alpha value is -0.300. The average Bonchev–Trinajstić information content (AvgIpc) is 2.76. The molecule has 4 rings (SSSR count). The molecule has 6 atom stereocenters. The zero-order chi connectivity index (χ0) is 14.8. The van der Waals surface area contributed by atoms with Gasteiger partial charge in [-0.3, -0.25) is 4.79 Å². The number of hydrogen-bond acceptors (Lipinski definition) is 1. The van der Waals surface area contributed by atoms with Crippen molar-refractivity contribution in [1.29, 1.82) is 0 Å². The molecule has 3 saturated carbocycles. The highest BCUT2D eigenvalue weighted by molar-refractivity contribution is 6.20. The van der Waals surface area contributed by atoms with Crippen molar-refractivity contribution in [3.8, 4) is 0 Å². The Morgan fingerprint density at radius 2 is 1.81 bits per heavy atom. The van der Waals surface area contributed by atoms with Gasteiger partial charge in [0.05, 0.1) is 0 Å². The molecule has 0 heterocycles. The lowest BCUT2D eigenvalue weighted by Gasteiger charge is -2.56. The molecule has 0 aromatic rings. The van der Waals surface area contributed by atoms with E-state index in [1.165, 1.54) is 25.7 Å². The number of allylic oxidation sites excluding steroid dienone is 2. The molecule has 0 radical (unpaired) electrons. The molecule has 1 nitrogen and oxygen atoms in total. The summed E-state index contributed by atoms with van der Waals surface area (Å²) in [6.45, 7) is 4.76. The van der Waals surface area contributed by atoms with Gasteiger partial charge in [-0.1, -0.05) is 25.5 Å². The van der Waals surface area contributed by atoms with Crippen LogP contribution in [0, 0.1) is 28.6 Å². The lowest BCUT2D eigenvalue weighted by atomic mass is 9.48. The van der Waals surface area contributed by atoms with Gasteiger partial charge in [0, 0.05) is 17.2 Å². The third-order valence-electron chi connectivity index (χ3n) is 7.75. The lowest BCUT2D eigenvalue weighted by molar-refractivity contribution is -0.131. The van der Waals surface area contributed by atoms with Crippen molar-refractivity contribution in [3.63, 3.8) is 0 Å². The standard InChI is InChI=1S/C19H27ClO/c1-18-9-7-13(20)11-12(18)3-4-14-15-5-6-17(21)19(15,2)10-8-16(14)18/h3,13-16H,4-11H2,1-2H3/t13-,14-,15+,16+,18+,19-/m1/s1. The van der Waals surface area contributed by atoms with Crippen LogP contribution in [0.15, 0.2) is 11.6 Å². The number of halogens is 1. The smallest absolute Gasteiger partial charge is 0.139 e. The molecule has 0 spiro atoms. The largest absolute Gasteiger partial charge is 0.299 e. The maximum Gasteiger partial charge on any atom is 0.139 e. The molecule has 0 bridgehead atoms. The topological polar surface area (TPSA) is 17.1 Å². The third-order valence-corrected chi connectivity index (χ3v) is 8.13. The molecule has 0 unspecified atom stereocenters. The Morgan fingerprint density at radius 1 is 1.10 bits per heavy atom. The van der Waals surface area contributed by atoms with E-state index in [9.17, 15) is 4.79 Å². The molecule has 4 aliphatic carbocycles. The summed E-state index contributed by atoms with van der Waals surface area (Å²) < 4.78 is 0.